The molecule has 140 valence electrons. The summed E-state index contributed by atoms with van der Waals surface area (Å²) in [4.78, 5) is 12.5. The summed E-state index contributed by atoms with van der Waals surface area (Å²) < 4.78 is 31.8. The van der Waals surface area contributed by atoms with E-state index in [9.17, 15) is 13.2 Å². The number of hydrogen-bond acceptors (Lipinski definition) is 5. The van der Waals surface area contributed by atoms with Crippen LogP contribution < -0.4 is 20.5 Å². The second-order valence-corrected chi connectivity index (χ2v) is 7.42. The topological polar surface area (TPSA) is 111 Å². The number of nitrogens with two attached hydrogens (primary N) is 1. The van der Waals surface area contributed by atoms with Crippen molar-refractivity contribution in [1.82, 2.24) is 0 Å². The summed E-state index contributed by atoms with van der Waals surface area (Å²) in [6.07, 6.45) is 0.488. The van der Waals surface area contributed by atoms with Gasteiger partial charge in [-0.15, -0.1) is 0 Å². The van der Waals surface area contributed by atoms with Crippen LogP contribution in [0.2, 0.25) is 0 Å². The fraction of sp³-hybridized carbons (Fsp3) is 0.278. The number of anilines is 2. The summed E-state index contributed by atoms with van der Waals surface area (Å²) >= 11 is 0. The molecule has 0 heterocycles. The Bertz CT molecular complexity index is 836. The van der Waals surface area contributed by atoms with E-state index in [0.717, 1.165) is 0 Å². The van der Waals surface area contributed by atoms with E-state index in [1.54, 1.807) is 55.5 Å². The standard InChI is InChI=1S/C18H23N3O4S/c1-2-13-26(23,24)21-17-6-4-3-5-16(17)18(22)20-14-7-9-15(10-8-14)25-12-11-19/h3-10,21H,2,11-13,19H2,1H3,(H,20,22). The van der Waals surface area contributed by atoms with Gasteiger partial charge in [0.1, 0.15) is 12.4 Å². The van der Waals surface area contributed by atoms with Crippen LogP contribution in [0.4, 0.5) is 11.4 Å². The van der Waals surface area contributed by atoms with Crippen molar-refractivity contribution >= 4 is 27.3 Å². The second kappa shape index (κ2) is 9.21. The first kappa shape index (κ1) is 19.7. The van der Waals surface area contributed by atoms with E-state index in [-0.39, 0.29) is 17.0 Å². The zero-order valence-electron chi connectivity index (χ0n) is 14.6. The Kier molecular flexibility index (Phi) is 6.99. The van der Waals surface area contributed by atoms with Crippen molar-refractivity contribution in [2.75, 3.05) is 28.9 Å². The molecule has 1 amide bonds. The first-order valence-corrected chi connectivity index (χ1v) is 9.94. The number of hydrogen-bond donors (Lipinski definition) is 3. The van der Waals surface area contributed by atoms with Gasteiger partial charge in [0.05, 0.1) is 17.0 Å². The minimum Gasteiger partial charge on any atom is -0.492 e. The average molecular weight is 377 g/mol. The lowest BCUT2D eigenvalue weighted by Gasteiger charge is -2.12. The Morgan fingerprint density at radius 2 is 1.81 bits per heavy atom. The van der Waals surface area contributed by atoms with Crippen LogP contribution in [0.3, 0.4) is 0 Å². The molecule has 0 aliphatic carbocycles. The molecule has 7 nitrogen and oxygen atoms in total. The van der Waals surface area contributed by atoms with Gasteiger partial charge in [0.25, 0.3) is 5.91 Å². The van der Waals surface area contributed by atoms with Crippen LogP contribution in [0.15, 0.2) is 48.5 Å². The largest absolute Gasteiger partial charge is 0.492 e. The molecule has 0 radical (unpaired) electrons. The number of sulfonamides is 1. The summed E-state index contributed by atoms with van der Waals surface area (Å²) in [5.41, 5.74) is 6.45. The van der Waals surface area contributed by atoms with Crippen molar-refractivity contribution < 1.29 is 17.9 Å². The van der Waals surface area contributed by atoms with Gasteiger partial charge in [0, 0.05) is 12.2 Å². The molecule has 0 unspecified atom stereocenters. The molecule has 0 spiro atoms. The minimum absolute atomic E-state index is 0.00673. The molecule has 0 aliphatic rings. The minimum atomic E-state index is -3.48. The Balaban J connectivity index is 2.12. The molecule has 2 rings (SSSR count). The van der Waals surface area contributed by atoms with Crippen molar-refractivity contribution in [1.29, 1.82) is 0 Å². The number of rotatable bonds is 9. The van der Waals surface area contributed by atoms with E-state index in [0.29, 0.717) is 31.0 Å². The number of amides is 1. The highest BCUT2D eigenvalue weighted by Gasteiger charge is 2.16. The van der Waals surface area contributed by atoms with Gasteiger partial charge in [-0.3, -0.25) is 9.52 Å². The first-order valence-electron chi connectivity index (χ1n) is 8.29. The molecule has 4 N–H and O–H groups in total. The van der Waals surface area contributed by atoms with Crippen LogP contribution in [-0.2, 0) is 10.0 Å². The Labute approximate surface area is 153 Å². The number of carbonyl (C=O) groups excluding carboxylic acids is 1. The van der Waals surface area contributed by atoms with E-state index in [1.165, 1.54) is 0 Å². The Hall–Kier alpha value is -2.58. The van der Waals surface area contributed by atoms with Gasteiger partial charge in [-0.2, -0.15) is 0 Å². The number of carbonyl (C=O) groups is 1. The normalized spacial score (nSPS) is 11.0. The third-order valence-electron chi connectivity index (χ3n) is 3.41. The van der Waals surface area contributed by atoms with Crippen molar-refractivity contribution in [3.63, 3.8) is 0 Å². The molecule has 0 saturated heterocycles. The molecule has 0 bridgehead atoms. The molecule has 0 fully saturated rings. The lowest BCUT2D eigenvalue weighted by molar-refractivity contribution is 0.102. The second-order valence-electron chi connectivity index (χ2n) is 5.58. The van der Waals surface area contributed by atoms with Gasteiger partial charge in [0.2, 0.25) is 10.0 Å². The summed E-state index contributed by atoms with van der Waals surface area (Å²) in [6.45, 7) is 2.61. The van der Waals surface area contributed by atoms with Gasteiger partial charge in [-0.1, -0.05) is 19.1 Å². The molecular weight excluding hydrogens is 354 g/mol. The predicted molar refractivity (Wildman–Crippen MR) is 103 cm³/mol. The van der Waals surface area contributed by atoms with Crippen LogP contribution >= 0.6 is 0 Å². The number of para-hydroxylation sites is 1. The maximum Gasteiger partial charge on any atom is 0.257 e. The lowest BCUT2D eigenvalue weighted by Crippen LogP contribution is -2.20. The number of benzene rings is 2. The molecule has 0 atom stereocenters. The van der Waals surface area contributed by atoms with Gasteiger partial charge in [0.15, 0.2) is 0 Å². The van der Waals surface area contributed by atoms with Crippen molar-refractivity contribution in [3.05, 3.63) is 54.1 Å². The SMILES string of the molecule is CCCS(=O)(=O)Nc1ccccc1C(=O)Nc1ccc(OCCN)cc1. The summed E-state index contributed by atoms with van der Waals surface area (Å²) in [5, 5.41) is 2.75. The van der Waals surface area contributed by atoms with Crippen LogP contribution in [0.5, 0.6) is 5.75 Å². The van der Waals surface area contributed by atoms with Crippen LogP contribution in [-0.4, -0.2) is 33.2 Å². The first-order chi connectivity index (χ1) is 12.4. The third-order valence-corrected chi connectivity index (χ3v) is 4.89. The van der Waals surface area contributed by atoms with Gasteiger partial charge in [-0.05, 0) is 42.8 Å². The number of ether oxygens (including phenoxy) is 1. The van der Waals surface area contributed by atoms with Crippen LogP contribution in [0, 0.1) is 0 Å². The quantitative estimate of drug-likeness (QED) is 0.622. The highest BCUT2D eigenvalue weighted by Crippen LogP contribution is 2.20. The third kappa shape index (κ3) is 5.75. The monoisotopic (exact) mass is 377 g/mol. The van der Waals surface area contributed by atoms with E-state index >= 15 is 0 Å². The lowest BCUT2D eigenvalue weighted by atomic mass is 10.1. The van der Waals surface area contributed by atoms with E-state index in [2.05, 4.69) is 10.0 Å². The van der Waals surface area contributed by atoms with Gasteiger partial charge in [-0.25, -0.2) is 8.42 Å². The van der Waals surface area contributed by atoms with E-state index in [1.807, 2.05) is 0 Å². The molecular formula is C18H23N3O4S. The van der Waals surface area contributed by atoms with Crippen molar-refractivity contribution in [3.8, 4) is 5.75 Å². The molecule has 0 saturated carbocycles. The highest BCUT2D eigenvalue weighted by molar-refractivity contribution is 7.92. The van der Waals surface area contributed by atoms with E-state index < -0.39 is 15.9 Å². The van der Waals surface area contributed by atoms with Crippen LogP contribution in [0.1, 0.15) is 23.7 Å². The summed E-state index contributed by atoms with van der Waals surface area (Å²) in [6, 6.07) is 13.3. The average Bonchev–Trinajstić information content (AvgIpc) is 2.61. The summed E-state index contributed by atoms with van der Waals surface area (Å²) in [5.74, 6) is 0.240. The highest BCUT2D eigenvalue weighted by atomic mass is 32.2. The zero-order chi connectivity index (χ0) is 19.0. The predicted octanol–water partition coefficient (Wildman–Crippen LogP) is 2.43. The zero-order valence-corrected chi connectivity index (χ0v) is 15.4. The molecule has 8 heteroatoms. The van der Waals surface area contributed by atoms with Crippen molar-refractivity contribution in [2.24, 2.45) is 5.73 Å². The molecule has 26 heavy (non-hydrogen) atoms. The summed E-state index contributed by atoms with van der Waals surface area (Å²) in [7, 11) is -3.48. The molecule has 2 aromatic rings. The maximum absolute atomic E-state index is 12.5. The van der Waals surface area contributed by atoms with Gasteiger partial charge >= 0.3 is 0 Å². The Morgan fingerprint density at radius 3 is 2.46 bits per heavy atom. The maximum atomic E-state index is 12.5. The fourth-order valence-corrected chi connectivity index (χ4v) is 3.42. The smallest absolute Gasteiger partial charge is 0.257 e. The van der Waals surface area contributed by atoms with Crippen molar-refractivity contribution in [2.45, 2.75) is 13.3 Å². The molecule has 0 aromatic heterocycles. The van der Waals surface area contributed by atoms with E-state index in [4.69, 9.17) is 10.5 Å². The molecule has 2 aromatic carbocycles. The fourth-order valence-electron chi connectivity index (χ4n) is 2.27. The number of nitrogens with one attached hydrogen (secondary N) is 2. The Morgan fingerprint density at radius 1 is 1.12 bits per heavy atom. The molecule has 0 aliphatic heterocycles. The van der Waals surface area contributed by atoms with Crippen LogP contribution in [0.25, 0.3) is 0 Å². The van der Waals surface area contributed by atoms with Gasteiger partial charge < -0.3 is 15.8 Å².